The van der Waals surface area contributed by atoms with Crippen molar-refractivity contribution in [2.45, 2.75) is 26.2 Å². The average Bonchev–Trinajstić information content (AvgIpc) is 1.93. The summed E-state index contributed by atoms with van der Waals surface area (Å²) in [4.78, 5) is 15.6. The lowest BCUT2D eigenvalue weighted by Crippen LogP contribution is -2.00. The zero-order valence-electron chi connectivity index (χ0n) is 5.89. The molecule has 10 heavy (non-hydrogen) atoms. The first-order valence-corrected chi connectivity index (χ1v) is 3.68. The van der Waals surface area contributed by atoms with Crippen LogP contribution in [-0.4, -0.2) is 16.5 Å². The molecule has 0 radical (unpaired) electrons. The van der Waals surface area contributed by atoms with Crippen molar-refractivity contribution in [2.75, 3.05) is 0 Å². The van der Waals surface area contributed by atoms with E-state index in [9.17, 15) is 4.79 Å². The highest BCUT2D eigenvalue weighted by atomic mass is 32.1. The molecule has 0 aromatic rings. The molecule has 0 saturated heterocycles. The molecule has 1 aliphatic rings. The third-order valence-corrected chi connectivity index (χ3v) is 1.68. The molecule has 0 amide bonds. The number of carbonyl (C=O) groups is 1. The van der Waals surface area contributed by atoms with Gasteiger partial charge in [0.2, 0.25) is 0 Å². The zero-order chi connectivity index (χ0) is 7.56. The lowest BCUT2D eigenvalue weighted by molar-refractivity contribution is -0.117. The average molecular weight is 155 g/mol. The second-order valence-corrected chi connectivity index (χ2v) is 2.93. The molecule has 0 N–H and O–H groups in total. The summed E-state index contributed by atoms with van der Waals surface area (Å²) < 4.78 is 0. The van der Waals surface area contributed by atoms with E-state index in [4.69, 9.17) is 12.2 Å². The van der Waals surface area contributed by atoms with Crippen LogP contribution >= 0.6 is 12.2 Å². The monoisotopic (exact) mass is 155 g/mol. The van der Waals surface area contributed by atoms with E-state index in [1.807, 2.05) is 6.92 Å². The number of carbonyl (C=O) groups excluding carboxylic acids is 1. The first-order chi connectivity index (χ1) is 4.68. The first kappa shape index (κ1) is 7.54. The molecular weight excluding hydrogens is 146 g/mol. The van der Waals surface area contributed by atoms with Crippen molar-refractivity contribution >= 4 is 28.7 Å². The highest BCUT2D eigenvalue weighted by Crippen LogP contribution is 2.06. The van der Waals surface area contributed by atoms with Crippen LogP contribution < -0.4 is 0 Å². The molecule has 1 heterocycles. The van der Waals surface area contributed by atoms with Gasteiger partial charge in [-0.2, -0.15) is 0 Å². The van der Waals surface area contributed by atoms with Crippen molar-refractivity contribution in [1.29, 1.82) is 0 Å². The molecule has 2 nitrogen and oxygen atoms in total. The molecule has 0 unspecified atom stereocenters. The molecule has 0 fully saturated rings. The van der Waals surface area contributed by atoms with Crippen LogP contribution in [0.3, 0.4) is 0 Å². The number of aliphatic imine (C=N–C) groups is 1. The van der Waals surface area contributed by atoms with E-state index in [1.165, 1.54) is 0 Å². The predicted octanol–water partition coefficient (Wildman–Crippen LogP) is 1.53. The fourth-order valence-corrected chi connectivity index (χ4v) is 1.19. The minimum absolute atomic E-state index is 0.251. The lowest BCUT2D eigenvalue weighted by Gasteiger charge is -1.89. The van der Waals surface area contributed by atoms with Gasteiger partial charge in [0, 0.05) is 25.0 Å². The third kappa shape index (κ3) is 1.99. The van der Waals surface area contributed by atoms with E-state index in [-0.39, 0.29) is 5.78 Å². The number of thiocarbonyl (C=S) groups is 1. The molecule has 0 aliphatic carbocycles. The maximum absolute atomic E-state index is 10.9. The fraction of sp³-hybridized carbons (Fsp3) is 0.571. The molecule has 0 bridgehead atoms. The van der Waals surface area contributed by atoms with E-state index in [0.29, 0.717) is 24.3 Å². The number of rotatable bonds is 0. The summed E-state index contributed by atoms with van der Waals surface area (Å²) in [5.74, 6) is 0.251. The SMILES string of the molecule is CC1=NC(=S)CCC(=O)C1. The Balaban J connectivity index is 2.73. The Morgan fingerprint density at radius 3 is 2.90 bits per heavy atom. The van der Waals surface area contributed by atoms with Gasteiger partial charge in [-0.05, 0) is 6.92 Å². The second kappa shape index (κ2) is 3.01. The van der Waals surface area contributed by atoms with Crippen molar-refractivity contribution in [2.24, 2.45) is 4.99 Å². The molecule has 0 atom stereocenters. The topological polar surface area (TPSA) is 29.4 Å². The van der Waals surface area contributed by atoms with Gasteiger partial charge in [-0.3, -0.25) is 9.79 Å². The van der Waals surface area contributed by atoms with Crippen LogP contribution in [0.2, 0.25) is 0 Å². The lowest BCUT2D eigenvalue weighted by atomic mass is 10.1. The molecule has 1 rings (SSSR count). The van der Waals surface area contributed by atoms with Gasteiger partial charge in [0.25, 0.3) is 0 Å². The molecule has 54 valence electrons. The normalized spacial score (nSPS) is 20.3. The molecule has 0 aromatic carbocycles. The van der Waals surface area contributed by atoms with Crippen LogP contribution in [0.1, 0.15) is 26.2 Å². The smallest absolute Gasteiger partial charge is 0.138 e. The third-order valence-electron chi connectivity index (χ3n) is 1.39. The van der Waals surface area contributed by atoms with Crippen molar-refractivity contribution < 1.29 is 4.79 Å². The fourth-order valence-electron chi connectivity index (χ4n) is 0.928. The standard InChI is InChI=1S/C7H9NOS/c1-5-4-6(9)2-3-7(10)8-5/h2-4H2,1H3. The van der Waals surface area contributed by atoms with Crippen LogP contribution in [0.15, 0.2) is 4.99 Å². The highest BCUT2D eigenvalue weighted by molar-refractivity contribution is 7.80. The minimum atomic E-state index is 0.251. The van der Waals surface area contributed by atoms with E-state index in [2.05, 4.69) is 4.99 Å². The van der Waals surface area contributed by atoms with Crippen molar-refractivity contribution in [1.82, 2.24) is 0 Å². The summed E-state index contributed by atoms with van der Waals surface area (Å²) in [6.07, 6.45) is 1.71. The van der Waals surface area contributed by atoms with Crippen LogP contribution in [0.4, 0.5) is 0 Å². The van der Waals surface area contributed by atoms with Crippen LogP contribution in [0, 0.1) is 0 Å². The molecule has 0 spiro atoms. The van der Waals surface area contributed by atoms with Gasteiger partial charge < -0.3 is 0 Å². The van der Waals surface area contributed by atoms with Gasteiger partial charge in [-0.15, -0.1) is 0 Å². The summed E-state index contributed by atoms with van der Waals surface area (Å²) in [5, 5.41) is 0. The number of Topliss-reactive ketones (excluding diaryl/α,β-unsaturated/α-hetero) is 1. The maximum Gasteiger partial charge on any atom is 0.138 e. The highest BCUT2D eigenvalue weighted by Gasteiger charge is 2.10. The Kier molecular flexibility index (Phi) is 2.27. The predicted molar refractivity (Wildman–Crippen MR) is 44.6 cm³/mol. The number of ketones is 1. The first-order valence-electron chi connectivity index (χ1n) is 3.27. The number of hydrogen-bond donors (Lipinski definition) is 0. The molecular formula is C7H9NOS. The second-order valence-electron chi connectivity index (χ2n) is 2.46. The summed E-state index contributed by atoms with van der Waals surface area (Å²) in [6, 6.07) is 0. The van der Waals surface area contributed by atoms with Gasteiger partial charge >= 0.3 is 0 Å². The Hall–Kier alpha value is -0.570. The van der Waals surface area contributed by atoms with Gasteiger partial charge in [-0.1, -0.05) is 12.2 Å². The zero-order valence-corrected chi connectivity index (χ0v) is 6.70. The Morgan fingerprint density at radius 2 is 2.20 bits per heavy atom. The Labute approximate surface area is 65.3 Å². The van der Waals surface area contributed by atoms with Crippen molar-refractivity contribution in [3.8, 4) is 0 Å². The molecule has 3 heteroatoms. The molecule has 1 aliphatic heterocycles. The largest absolute Gasteiger partial charge is 0.299 e. The van der Waals surface area contributed by atoms with Gasteiger partial charge in [0.05, 0.1) is 0 Å². The summed E-state index contributed by atoms with van der Waals surface area (Å²) in [5.41, 5.74) is 0.854. The van der Waals surface area contributed by atoms with Crippen LogP contribution in [0.5, 0.6) is 0 Å². The van der Waals surface area contributed by atoms with E-state index < -0.39 is 0 Å². The van der Waals surface area contributed by atoms with E-state index in [1.54, 1.807) is 0 Å². The quantitative estimate of drug-likeness (QED) is 0.496. The Bertz CT molecular complexity index is 208. The van der Waals surface area contributed by atoms with Crippen LogP contribution in [-0.2, 0) is 4.79 Å². The minimum Gasteiger partial charge on any atom is -0.299 e. The van der Waals surface area contributed by atoms with E-state index in [0.717, 1.165) is 5.71 Å². The number of hydrogen-bond acceptors (Lipinski definition) is 2. The van der Waals surface area contributed by atoms with Gasteiger partial charge in [-0.25, -0.2) is 0 Å². The van der Waals surface area contributed by atoms with Crippen molar-refractivity contribution in [3.05, 3.63) is 0 Å². The van der Waals surface area contributed by atoms with Crippen LogP contribution in [0.25, 0.3) is 0 Å². The van der Waals surface area contributed by atoms with Gasteiger partial charge in [0.15, 0.2) is 0 Å². The Morgan fingerprint density at radius 1 is 1.50 bits per heavy atom. The number of nitrogens with zero attached hydrogens (tertiary/aromatic N) is 1. The molecule has 0 aromatic heterocycles. The van der Waals surface area contributed by atoms with E-state index >= 15 is 0 Å². The van der Waals surface area contributed by atoms with Crippen molar-refractivity contribution in [3.63, 3.8) is 0 Å². The summed E-state index contributed by atoms with van der Waals surface area (Å²) >= 11 is 4.88. The van der Waals surface area contributed by atoms with Gasteiger partial charge in [0.1, 0.15) is 10.8 Å². The maximum atomic E-state index is 10.9. The summed E-state index contributed by atoms with van der Waals surface area (Å²) in [6.45, 7) is 1.84. The summed E-state index contributed by atoms with van der Waals surface area (Å²) in [7, 11) is 0. The molecule has 0 saturated carbocycles.